The minimum atomic E-state index is -0.926. The van der Waals surface area contributed by atoms with Crippen molar-refractivity contribution in [3.63, 3.8) is 0 Å². The van der Waals surface area contributed by atoms with Gasteiger partial charge in [0.1, 0.15) is 34.9 Å². The Morgan fingerprint density at radius 1 is 0.597 bits per heavy atom. The maximum absolute atomic E-state index is 15.8. The largest absolute Gasteiger partial charge is 0.335 e. The van der Waals surface area contributed by atoms with Crippen molar-refractivity contribution >= 4 is 23.4 Å². The maximum atomic E-state index is 15.8. The second kappa shape index (κ2) is 16.4. The van der Waals surface area contributed by atoms with Crippen LogP contribution in [0.25, 0.3) is 44.8 Å². The minimum Gasteiger partial charge on any atom is -0.335 e. The summed E-state index contributed by atoms with van der Waals surface area (Å²) in [6.45, 7) is 0.556. The van der Waals surface area contributed by atoms with Gasteiger partial charge in [0.05, 0.1) is 78.8 Å². The molecule has 338 valence electrons. The summed E-state index contributed by atoms with van der Waals surface area (Å²) in [5.74, 6) is -3.86. The number of carbonyl (C=O) groups is 2. The number of anilines is 2. The van der Waals surface area contributed by atoms with Gasteiger partial charge in [-0.05, 0) is 48.6 Å². The zero-order valence-corrected chi connectivity index (χ0v) is 35.0. The molecule has 20 heteroatoms. The van der Waals surface area contributed by atoms with Crippen LogP contribution >= 0.6 is 0 Å². The van der Waals surface area contributed by atoms with Gasteiger partial charge in [-0.15, -0.1) is 0 Å². The number of halogens is 6. The third-order valence-electron chi connectivity index (χ3n) is 12.4. The van der Waals surface area contributed by atoms with Crippen LogP contribution in [-0.2, 0) is 13.1 Å². The van der Waals surface area contributed by atoms with Crippen molar-refractivity contribution in [3.8, 4) is 44.8 Å². The predicted molar refractivity (Wildman–Crippen MR) is 233 cm³/mol. The highest BCUT2D eigenvalue weighted by Crippen LogP contribution is 2.44. The number of imidazole rings is 2. The van der Waals surface area contributed by atoms with Crippen LogP contribution in [0.5, 0.6) is 0 Å². The average Bonchev–Trinajstić information content (AvgIpc) is 3.94. The third-order valence-corrected chi connectivity index (χ3v) is 12.4. The predicted octanol–water partition coefficient (Wildman–Crippen LogP) is 8.88. The minimum absolute atomic E-state index is 0.00297. The maximum Gasteiger partial charge on any atom is 0.319 e. The van der Waals surface area contributed by atoms with Crippen LogP contribution in [0.15, 0.2) is 104 Å². The van der Waals surface area contributed by atoms with E-state index in [0.29, 0.717) is 51.7 Å². The van der Waals surface area contributed by atoms with Crippen LogP contribution in [-0.4, -0.2) is 63.8 Å². The summed E-state index contributed by atoms with van der Waals surface area (Å²) in [5.41, 5.74) is 3.28. The number of amides is 4. The highest BCUT2D eigenvalue weighted by atomic mass is 19.1. The zero-order chi connectivity index (χ0) is 46.1. The molecule has 11 rings (SSSR count). The number of fused-ring (bicyclic) bond motifs is 6. The zero-order valence-electron chi connectivity index (χ0n) is 35.0. The number of urea groups is 2. The van der Waals surface area contributed by atoms with E-state index in [9.17, 15) is 14.0 Å². The first-order valence-corrected chi connectivity index (χ1v) is 21.2. The number of nitrogens with zero attached hydrogens (tertiary/aromatic N) is 8. The first-order chi connectivity index (χ1) is 32.5. The van der Waals surface area contributed by atoms with Crippen molar-refractivity contribution in [3.05, 3.63) is 156 Å². The number of nitrogens with one attached hydrogen (secondary N) is 4. The second-order valence-corrected chi connectivity index (χ2v) is 16.7. The molecule has 3 aliphatic rings. The van der Waals surface area contributed by atoms with Gasteiger partial charge in [0, 0.05) is 88.7 Å². The second-order valence-electron chi connectivity index (χ2n) is 16.7. The summed E-state index contributed by atoms with van der Waals surface area (Å²) < 4.78 is 98.7. The van der Waals surface area contributed by atoms with Crippen molar-refractivity contribution in [2.24, 2.45) is 5.92 Å². The van der Waals surface area contributed by atoms with E-state index in [-0.39, 0.29) is 47.6 Å². The fourth-order valence-electron chi connectivity index (χ4n) is 9.06. The van der Waals surface area contributed by atoms with E-state index in [0.717, 1.165) is 37.1 Å². The van der Waals surface area contributed by atoms with E-state index in [1.165, 1.54) is 48.1 Å². The number of benzene rings is 4. The standard InChI is InChI=1S/C47H36F6N12O2/c48-31-3-1-2-28-39-14-54-22-64(39)41(44(28)31)16-56-46(66)60-37-11-34(51)30(9-36(37)53)27-13-59-63(21-27)19-25-6-7-32(49)45-42(65-23-55-15-40(65)43(25)45)17-57-47(67)61-38-10-33(50)29(8-35(38)52)26-12-58-62(20-26)18-24-4-5-24/h1-3,6-15,20-24,41-42H,4-5,16-19H2,(H2,56,60,66)(H2,57,61,67). The lowest BCUT2D eigenvalue weighted by Gasteiger charge is -2.17. The lowest BCUT2D eigenvalue weighted by Crippen LogP contribution is -2.34. The SMILES string of the molecule is O=C(NCC1c2c(F)cccc2-c2cncn21)Nc1cc(F)c(-c2cnn(Cc3ccc(F)c4c3-c3cncn3C4CNC(=O)Nc3cc(F)c(-c4cnn(CC5CC5)c4)cc3F)c2)cc1F. The number of hydrogen-bond donors (Lipinski definition) is 4. The Morgan fingerprint density at radius 3 is 1.81 bits per heavy atom. The quantitative estimate of drug-likeness (QED) is 0.0899. The molecule has 0 spiro atoms. The van der Waals surface area contributed by atoms with Crippen LogP contribution in [0.1, 0.15) is 41.6 Å². The molecule has 0 bridgehead atoms. The van der Waals surface area contributed by atoms with Crippen LogP contribution in [0.3, 0.4) is 0 Å². The average molecular weight is 915 g/mol. The van der Waals surface area contributed by atoms with Gasteiger partial charge in [-0.2, -0.15) is 10.2 Å². The molecule has 8 aromatic rings. The van der Waals surface area contributed by atoms with E-state index >= 15 is 22.0 Å². The molecular weight excluding hydrogens is 879 g/mol. The van der Waals surface area contributed by atoms with Gasteiger partial charge in [0.15, 0.2) is 0 Å². The molecule has 4 aromatic heterocycles. The first-order valence-electron chi connectivity index (χ1n) is 21.2. The molecule has 1 saturated carbocycles. The fraction of sp³-hybridized carbons (Fsp3) is 0.191. The van der Waals surface area contributed by atoms with E-state index in [2.05, 4.69) is 41.4 Å². The summed E-state index contributed by atoms with van der Waals surface area (Å²) in [6, 6.07) is 8.11. The Morgan fingerprint density at radius 2 is 1.16 bits per heavy atom. The van der Waals surface area contributed by atoms with Crippen molar-refractivity contribution < 1.29 is 35.9 Å². The molecule has 0 radical (unpaired) electrons. The van der Waals surface area contributed by atoms with Crippen LogP contribution in [0.2, 0.25) is 0 Å². The van der Waals surface area contributed by atoms with Crippen LogP contribution < -0.4 is 21.3 Å². The highest BCUT2D eigenvalue weighted by molar-refractivity contribution is 5.91. The molecule has 2 unspecified atom stereocenters. The fourth-order valence-corrected chi connectivity index (χ4v) is 9.06. The van der Waals surface area contributed by atoms with Gasteiger partial charge in [-0.1, -0.05) is 18.2 Å². The molecule has 1 aliphatic carbocycles. The van der Waals surface area contributed by atoms with E-state index in [4.69, 9.17) is 0 Å². The molecular formula is C47H36F6N12O2. The van der Waals surface area contributed by atoms with Crippen molar-refractivity contribution in [2.45, 2.75) is 38.0 Å². The lowest BCUT2D eigenvalue weighted by molar-refractivity contribution is 0.250. The Labute approximate surface area is 376 Å². The van der Waals surface area contributed by atoms with Gasteiger partial charge in [-0.3, -0.25) is 9.36 Å². The van der Waals surface area contributed by atoms with Crippen molar-refractivity contribution in [1.29, 1.82) is 0 Å². The monoisotopic (exact) mass is 914 g/mol. The molecule has 67 heavy (non-hydrogen) atoms. The topological polar surface area (TPSA) is 154 Å². The van der Waals surface area contributed by atoms with Gasteiger partial charge < -0.3 is 30.4 Å². The Kier molecular flexibility index (Phi) is 10.1. The van der Waals surface area contributed by atoms with Gasteiger partial charge in [0.25, 0.3) is 0 Å². The normalized spacial score (nSPS) is 15.5. The van der Waals surface area contributed by atoms with E-state index in [1.54, 1.807) is 50.6 Å². The first kappa shape index (κ1) is 41.5. The Bertz CT molecular complexity index is 3280. The summed E-state index contributed by atoms with van der Waals surface area (Å²) >= 11 is 0. The molecule has 14 nitrogen and oxygen atoms in total. The van der Waals surface area contributed by atoms with Gasteiger partial charge in [0.2, 0.25) is 0 Å². The smallest absolute Gasteiger partial charge is 0.319 e. The van der Waals surface area contributed by atoms with E-state index in [1.807, 2.05) is 0 Å². The Balaban J connectivity index is 0.750. The lowest BCUT2D eigenvalue weighted by atomic mass is 9.96. The molecule has 6 heterocycles. The molecule has 0 saturated heterocycles. The van der Waals surface area contributed by atoms with Crippen molar-refractivity contribution in [1.82, 2.24) is 49.3 Å². The third kappa shape index (κ3) is 7.62. The molecule has 2 atom stereocenters. The van der Waals surface area contributed by atoms with Gasteiger partial charge in [-0.25, -0.2) is 45.9 Å². The molecule has 4 amide bonds. The molecule has 2 aliphatic heterocycles. The number of rotatable bonds is 12. The highest BCUT2D eigenvalue weighted by Gasteiger charge is 2.35. The Hall–Kier alpha value is -8.16. The van der Waals surface area contributed by atoms with Gasteiger partial charge >= 0.3 is 12.1 Å². The summed E-state index contributed by atoms with van der Waals surface area (Å²) in [7, 11) is 0. The van der Waals surface area contributed by atoms with Crippen LogP contribution in [0, 0.1) is 40.8 Å². The summed E-state index contributed by atoms with van der Waals surface area (Å²) in [4.78, 5) is 34.3. The van der Waals surface area contributed by atoms with Crippen LogP contribution in [0.4, 0.5) is 47.3 Å². The number of carbonyl (C=O) groups excluding carboxylic acids is 2. The molecule has 1 fully saturated rings. The van der Waals surface area contributed by atoms with E-state index < -0.39 is 64.7 Å². The molecule has 4 N–H and O–H groups in total. The summed E-state index contributed by atoms with van der Waals surface area (Å²) in [5, 5.41) is 18.5. The number of aromatic nitrogens is 8. The summed E-state index contributed by atoms with van der Waals surface area (Å²) in [6.07, 6.45) is 14.3. The number of hydrogen-bond acceptors (Lipinski definition) is 6. The van der Waals surface area contributed by atoms with Crippen molar-refractivity contribution in [2.75, 3.05) is 23.7 Å². The molecule has 4 aromatic carbocycles.